The number of nitrogens with zero attached hydrogens (tertiary/aromatic N) is 1. The lowest BCUT2D eigenvalue weighted by molar-refractivity contribution is 0.216. The summed E-state index contributed by atoms with van der Waals surface area (Å²) in [6, 6.07) is 12.6. The summed E-state index contributed by atoms with van der Waals surface area (Å²) in [6.07, 6.45) is 5.29. The normalized spacial score (nSPS) is 16.0. The van der Waals surface area contributed by atoms with Crippen LogP contribution in [0.15, 0.2) is 47.1 Å². The van der Waals surface area contributed by atoms with Gasteiger partial charge in [-0.3, -0.25) is 4.90 Å². The summed E-state index contributed by atoms with van der Waals surface area (Å²) in [5, 5.41) is 7.25. The zero-order valence-corrected chi connectivity index (χ0v) is 14.9. The van der Waals surface area contributed by atoms with Crippen LogP contribution >= 0.6 is 12.2 Å². The van der Waals surface area contributed by atoms with Gasteiger partial charge >= 0.3 is 0 Å². The fourth-order valence-electron chi connectivity index (χ4n) is 3.13. The molecule has 1 aromatic heterocycles. The molecule has 2 aromatic rings. The Labute approximate surface area is 149 Å². The molecule has 1 fully saturated rings. The molecule has 2 N–H and O–H groups in total. The molecule has 5 heteroatoms. The first-order valence-electron chi connectivity index (χ1n) is 8.67. The Balaban J connectivity index is 1.56. The fraction of sp³-hybridized carbons (Fsp3) is 0.421. The largest absolute Gasteiger partial charge is 0.468 e. The second-order valence-corrected chi connectivity index (χ2v) is 6.57. The zero-order valence-electron chi connectivity index (χ0n) is 14.1. The number of hydrogen-bond acceptors (Lipinski definition) is 3. The first-order chi connectivity index (χ1) is 11.8. The molecule has 0 spiro atoms. The van der Waals surface area contributed by atoms with Crippen molar-refractivity contribution in [2.45, 2.75) is 32.2 Å². The van der Waals surface area contributed by atoms with Crippen LogP contribution in [0.4, 0.5) is 5.69 Å². The van der Waals surface area contributed by atoms with E-state index in [1.165, 1.54) is 18.4 Å². The van der Waals surface area contributed by atoms with Crippen molar-refractivity contribution in [3.63, 3.8) is 0 Å². The van der Waals surface area contributed by atoms with Gasteiger partial charge in [0.05, 0.1) is 12.3 Å². The van der Waals surface area contributed by atoms with Gasteiger partial charge in [0, 0.05) is 12.2 Å². The Morgan fingerprint density at radius 2 is 1.96 bits per heavy atom. The lowest BCUT2D eigenvalue weighted by atomic mass is 10.1. The number of furan rings is 1. The lowest BCUT2D eigenvalue weighted by Crippen LogP contribution is -2.38. The smallest absolute Gasteiger partial charge is 0.170 e. The van der Waals surface area contributed by atoms with E-state index >= 15 is 0 Å². The van der Waals surface area contributed by atoms with Gasteiger partial charge in [-0.1, -0.05) is 19.1 Å². The summed E-state index contributed by atoms with van der Waals surface area (Å²) in [7, 11) is 0. The van der Waals surface area contributed by atoms with Gasteiger partial charge in [0.15, 0.2) is 5.11 Å². The number of rotatable bonds is 6. The molecular formula is C19H25N3OS. The van der Waals surface area contributed by atoms with E-state index in [-0.39, 0.29) is 6.04 Å². The van der Waals surface area contributed by atoms with Crippen molar-refractivity contribution >= 4 is 23.0 Å². The SMILES string of the molecule is CCc1ccc(NC(=S)NCC(c2ccco2)N2CCCC2)cc1. The molecule has 24 heavy (non-hydrogen) atoms. The predicted molar refractivity (Wildman–Crippen MR) is 102 cm³/mol. The number of aryl methyl sites for hydroxylation is 1. The van der Waals surface area contributed by atoms with Crippen LogP contribution in [0.3, 0.4) is 0 Å². The van der Waals surface area contributed by atoms with Gasteiger partial charge in [-0.15, -0.1) is 0 Å². The highest BCUT2D eigenvalue weighted by Crippen LogP contribution is 2.24. The molecule has 0 amide bonds. The van der Waals surface area contributed by atoms with Gasteiger partial charge in [0.2, 0.25) is 0 Å². The molecular weight excluding hydrogens is 318 g/mol. The molecule has 1 aromatic carbocycles. The third kappa shape index (κ3) is 4.36. The highest BCUT2D eigenvalue weighted by atomic mass is 32.1. The minimum Gasteiger partial charge on any atom is -0.468 e. The monoisotopic (exact) mass is 343 g/mol. The lowest BCUT2D eigenvalue weighted by Gasteiger charge is -2.26. The third-order valence-electron chi connectivity index (χ3n) is 4.53. The van der Waals surface area contributed by atoms with Gasteiger partial charge < -0.3 is 15.1 Å². The van der Waals surface area contributed by atoms with Gasteiger partial charge in [-0.05, 0) is 74.4 Å². The van der Waals surface area contributed by atoms with Crippen molar-refractivity contribution in [2.75, 3.05) is 25.0 Å². The number of hydrogen-bond donors (Lipinski definition) is 2. The molecule has 0 aliphatic carbocycles. The molecule has 2 heterocycles. The van der Waals surface area contributed by atoms with E-state index in [9.17, 15) is 0 Å². The van der Waals surface area contributed by atoms with Crippen molar-refractivity contribution in [2.24, 2.45) is 0 Å². The molecule has 1 aliphatic rings. The van der Waals surface area contributed by atoms with Crippen LogP contribution in [0.5, 0.6) is 0 Å². The Kier molecular flexibility index (Phi) is 5.88. The maximum atomic E-state index is 5.64. The average Bonchev–Trinajstić information content (AvgIpc) is 3.30. The quantitative estimate of drug-likeness (QED) is 0.777. The van der Waals surface area contributed by atoms with Gasteiger partial charge in [-0.2, -0.15) is 0 Å². The molecule has 4 nitrogen and oxygen atoms in total. The van der Waals surface area contributed by atoms with E-state index in [1.54, 1.807) is 6.26 Å². The Hall–Kier alpha value is -1.85. The van der Waals surface area contributed by atoms with Crippen molar-refractivity contribution in [3.05, 3.63) is 54.0 Å². The topological polar surface area (TPSA) is 40.4 Å². The molecule has 3 rings (SSSR count). The summed E-state index contributed by atoms with van der Waals surface area (Å²) < 4.78 is 5.64. The Morgan fingerprint density at radius 1 is 1.21 bits per heavy atom. The van der Waals surface area contributed by atoms with E-state index in [2.05, 4.69) is 46.7 Å². The second-order valence-electron chi connectivity index (χ2n) is 6.16. The van der Waals surface area contributed by atoms with Gasteiger partial charge in [0.25, 0.3) is 0 Å². The Morgan fingerprint density at radius 3 is 2.58 bits per heavy atom. The summed E-state index contributed by atoms with van der Waals surface area (Å²) in [6.45, 7) is 5.13. The fourth-order valence-corrected chi connectivity index (χ4v) is 3.33. The average molecular weight is 343 g/mol. The molecule has 0 radical (unpaired) electrons. The van der Waals surface area contributed by atoms with Crippen molar-refractivity contribution in [3.8, 4) is 0 Å². The van der Waals surface area contributed by atoms with Crippen LogP contribution in [0, 0.1) is 0 Å². The Bertz CT molecular complexity index is 633. The maximum Gasteiger partial charge on any atom is 0.170 e. The number of likely N-dealkylation sites (tertiary alicyclic amines) is 1. The molecule has 0 saturated carbocycles. The minimum atomic E-state index is 0.227. The summed E-state index contributed by atoms with van der Waals surface area (Å²) in [5.74, 6) is 1.000. The minimum absolute atomic E-state index is 0.227. The van der Waals surface area contributed by atoms with E-state index in [0.29, 0.717) is 5.11 Å². The van der Waals surface area contributed by atoms with Crippen LogP contribution in [0.2, 0.25) is 0 Å². The highest BCUT2D eigenvalue weighted by molar-refractivity contribution is 7.80. The van der Waals surface area contributed by atoms with Crippen LogP contribution in [0.25, 0.3) is 0 Å². The van der Waals surface area contributed by atoms with Crippen molar-refractivity contribution in [1.29, 1.82) is 0 Å². The number of benzene rings is 1. The summed E-state index contributed by atoms with van der Waals surface area (Å²) >= 11 is 5.45. The van der Waals surface area contributed by atoms with Crippen molar-refractivity contribution in [1.82, 2.24) is 10.2 Å². The van der Waals surface area contributed by atoms with Gasteiger partial charge in [0.1, 0.15) is 5.76 Å². The first kappa shape index (κ1) is 17.0. The number of anilines is 1. The standard InChI is InChI=1S/C19H25N3OS/c1-2-15-7-9-16(10-8-15)21-19(24)20-14-17(18-6-5-13-23-18)22-11-3-4-12-22/h5-10,13,17H,2-4,11-12,14H2,1H3,(H2,20,21,24). The molecule has 1 unspecified atom stereocenters. The van der Waals surface area contributed by atoms with Crippen LogP contribution < -0.4 is 10.6 Å². The molecule has 1 atom stereocenters. The van der Waals surface area contributed by atoms with E-state index in [4.69, 9.17) is 16.6 Å². The first-order valence-corrected chi connectivity index (χ1v) is 9.08. The van der Waals surface area contributed by atoms with Crippen molar-refractivity contribution < 1.29 is 4.42 Å². The van der Waals surface area contributed by atoms with Crippen LogP contribution in [-0.4, -0.2) is 29.6 Å². The van der Waals surface area contributed by atoms with Crippen LogP contribution in [-0.2, 0) is 6.42 Å². The van der Waals surface area contributed by atoms with Crippen LogP contribution in [0.1, 0.15) is 37.1 Å². The second kappa shape index (κ2) is 8.31. The highest BCUT2D eigenvalue weighted by Gasteiger charge is 2.25. The zero-order chi connectivity index (χ0) is 16.8. The summed E-state index contributed by atoms with van der Waals surface area (Å²) in [4.78, 5) is 2.46. The molecule has 1 aliphatic heterocycles. The predicted octanol–water partition coefficient (Wildman–Crippen LogP) is 3.97. The number of nitrogens with one attached hydrogen (secondary N) is 2. The molecule has 0 bridgehead atoms. The van der Waals surface area contributed by atoms with E-state index in [0.717, 1.165) is 37.5 Å². The van der Waals surface area contributed by atoms with E-state index < -0.39 is 0 Å². The number of thiocarbonyl (C=S) groups is 1. The molecule has 1 saturated heterocycles. The van der Waals surface area contributed by atoms with E-state index in [1.807, 2.05) is 12.1 Å². The van der Waals surface area contributed by atoms with Gasteiger partial charge in [-0.25, -0.2) is 0 Å². The summed E-state index contributed by atoms with van der Waals surface area (Å²) in [5.41, 5.74) is 2.34. The molecule has 128 valence electrons. The maximum absolute atomic E-state index is 5.64. The third-order valence-corrected chi connectivity index (χ3v) is 4.78.